The van der Waals surface area contributed by atoms with Gasteiger partial charge in [-0.3, -0.25) is 4.79 Å². The van der Waals surface area contributed by atoms with Crippen LogP contribution in [0.1, 0.15) is 22.3 Å². The Bertz CT molecular complexity index is 496. The SMILES string of the molecule is NC(=O)c1cc(C(F)(F)F)ccc1NCC1CCNC1. The Kier molecular flexibility index (Phi) is 4.17. The third kappa shape index (κ3) is 3.41. The van der Waals surface area contributed by atoms with Crippen LogP contribution in [-0.2, 0) is 6.18 Å². The number of primary amides is 1. The highest BCUT2D eigenvalue weighted by atomic mass is 19.4. The number of carbonyl (C=O) groups is 1. The van der Waals surface area contributed by atoms with Crippen LogP contribution in [0.3, 0.4) is 0 Å². The number of hydrogen-bond donors (Lipinski definition) is 3. The minimum Gasteiger partial charge on any atom is -0.384 e. The average molecular weight is 287 g/mol. The molecule has 0 spiro atoms. The number of hydrogen-bond acceptors (Lipinski definition) is 3. The molecule has 4 nitrogen and oxygen atoms in total. The van der Waals surface area contributed by atoms with E-state index in [1.807, 2.05) is 0 Å². The molecule has 20 heavy (non-hydrogen) atoms. The largest absolute Gasteiger partial charge is 0.416 e. The van der Waals surface area contributed by atoms with Gasteiger partial charge in [-0.1, -0.05) is 0 Å². The zero-order chi connectivity index (χ0) is 14.8. The average Bonchev–Trinajstić information content (AvgIpc) is 2.88. The Morgan fingerprint density at radius 3 is 2.75 bits per heavy atom. The van der Waals surface area contributed by atoms with Gasteiger partial charge >= 0.3 is 6.18 Å². The molecule has 1 aliphatic heterocycles. The predicted molar refractivity (Wildman–Crippen MR) is 69.4 cm³/mol. The van der Waals surface area contributed by atoms with Crippen LogP contribution in [-0.4, -0.2) is 25.5 Å². The first-order valence-electron chi connectivity index (χ1n) is 6.33. The van der Waals surface area contributed by atoms with Crippen molar-refractivity contribution in [2.45, 2.75) is 12.6 Å². The first-order chi connectivity index (χ1) is 9.38. The molecule has 110 valence electrons. The number of nitrogens with two attached hydrogens (primary N) is 1. The summed E-state index contributed by atoms with van der Waals surface area (Å²) in [6.45, 7) is 2.39. The van der Waals surface area contributed by atoms with E-state index in [-0.39, 0.29) is 5.56 Å². The van der Waals surface area contributed by atoms with Crippen LogP contribution in [0.5, 0.6) is 0 Å². The fraction of sp³-hybridized carbons (Fsp3) is 0.462. The summed E-state index contributed by atoms with van der Waals surface area (Å²) in [7, 11) is 0. The van der Waals surface area contributed by atoms with Crippen molar-refractivity contribution in [3.05, 3.63) is 29.3 Å². The molecule has 0 radical (unpaired) electrons. The summed E-state index contributed by atoms with van der Waals surface area (Å²) in [5, 5.41) is 6.20. The number of amides is 1. The number of anilines is 1. The van der Waals surface area contributed by atoms with E-state index in [4.69, 9.17) is 5.73 Å². The molecule has 1 atom stereocenters. The summed E-state index contributed by atoms with van der Waals surface area (Å²) in [5.41, 5.74) is 4.49. The Hall–Kier alpha value is -1.76. The van der Waals surface area contributed by atoms with Crippen molar-refractivity contribution < 1.29 is 18.0 Å². The third-order valence-electron chi connectivity index (χ3n) is 3.36. The number of rotatable bonds is 4. The fourth-order valence-electron chi connectivity index (χ4n) is 2.22. The van der Waals surface area contributed by atoms with Gasteiger partial charge in [-0.05, 0) is 43.6 Å². The van der Waals surface area contributed by atoms with E-state index in [1.54, 1.807) is 0 Å². The molecule has 0 saturated carbocycles. The summed E-state index contributed by atoms with van der Waals surface area (Å²) in [4.78, 5) is 11.3. The molecule has 4 N–H and O–H groups in total. The lowest BCUT2D eigenvalue weighted by Gasteiger charge is -2.15. The Morgan fingerprint density at radius 2 is 2.20 bits per heavy atom. The van der Waals surface area contributed by atoms with Gasteiger partial charge in [0.2, 0.25) is 0 Å². The maximum absolute atomic E-state index is 12.6. The summed E-state index contributed by atoms with van der Waals surface area (Å²) in [6, 6.07) is 2.99. The smallest absolute Gasteiger partial charge is 0.384 e. The number of benzene rings is 1. The van der Waals surface area contributed by atoms with Gasteiger partial charge < -0.3 is 16.4 Å². The molecule has 0 aromatic heterocycles. The van der Waals surface area contributed by atoms with Crippen LogP contribution in [0, 0.1) is 5.92 Å². The van der Waals surface area contributed by atoms with Crippen molar-refractivity contribution in [2.24, 2.45) is 11.7 Å². The normalized spacial score (nSPS) is 19.1. The lowest BCUT2D eigenvalue weighted by Crippen LogP contribution is -2.21. The number of carbonyl (C=O) groups excluding carboxylic acids is 1. The molecule has 2 rings (SSSR count). The summed E-state index contributed by atoms with van der Waals surface area (Å²) in [6.07, 6.45) is -3.49. The molecule has 1 aliphatic rings. The molecule has 7 heteroatoms. The van der Waals surface area contributed by atoms with Crippen LogP contribution >= 0.6 is 0 Å². The zero-order valence-corrected chi connectivity index (χ0v) is 10.8. The second-order valence-electron chi connectivity index (χ2n) is 4.86. The van der Waals surface area contributed by atoms with E-state index in [1.165, 1.54) is 6.07 Å². The molecule has 1 aromatic carbocycles. The molecule has 1 saturated heterocycles. The summed E-state index contributed by atoms with van der Waals surface area (Å²) >= 11 is 0. The van der Waals surface area contributed by atoms with Gasteiger partial charge in [0.1, 0.15) is 0 Å². The quantitative estimate of drug-likeness (QED) is 0.791. The van der Waals surface area contributed by atoms with Gasteiger partial charge in [0.25, 0.3) is 5.91 Å². The number of nitrogens with one attached hydrogen (secondary N) is 2. The highest BCUT2D eigenvalue weighted by Crippen LogP contribution is 2.31. The van der Waals surface area contributed by atoms with E-state index in [0.717, 1.165) is 31.6 Å². The molecule has 1 fully saturated rings. The third-order valence-corrected chi connectivity index (χ3v) is 3.36. The van der Waals surface area contributed by atoms with Crippen molar-refractivity contribution in [3.8, 4) is 0 Å². The summed E-state index contributed by atoms with van der Waals surface area (Å²) < 4.78 is 37.8. The van der Waals surface area contributed by atoms with Gasteiger partial charge in [-0.15, -0.1) is 0 Å². The lowest BCUT2D eigenvalue weighted by molar-refractivity contribution is -0.137. The van der Waals surface area contributed by atoms with Crippen LogP contribution in [0.25, 0.3) is 0 Å². The van der Waals surface area contributed by atoms with Crippen LogP contribution in [0.2, 0.25) is 0 Å². The second kappa shape index (κ2) is 5.70. The fourth-order valence-corrected chi connectivity index (χ4v) is 2.22. The topological polar surface area (TPSA) is 67.2 Å². The molecular weight excluding hydrogens is 271 g/mol. The van der Waals surface area contributed by atoms with Crippen LogP contribution in [0.15, 0.2) is 18.2 Å². The van der Waals surface area contributed by atoms with E-state index in [0.29, 0.717) is 18.2 Å². The van der Waals surface area contributed by atoms with E-state index in [9.17, 15) is 18.0 Å². The zero-order valence-electron chi connectivity index (χ0n) is 10.8. The summed E-state index contributed by atoms with van der Waals surface area (Å²) in [5.74, 6) is -0.471. The van der Waals surface area contributed by atoms with Crippen LogP contribution < -0.4 is 16.4 Å². The van der Waals surface area contributed by atoms with Crippen molar-refractivity contribution in [1.82, 2.24) is 5.32 Å². The minimum absolute atomic E-state index is 0.134. The number of alkyl halides is 3. The van der Waals surface area contributed by atoms with Gasteiger partial charge in [-0.25, -0.2) is 0 Å². The molecule has 0 aliphatic carbocycles. The molecule has 1 amide bonds. The molecule has 0 bridgehead atoms. The Labute approximate surface area is 114 Å². The van der Waals surface area contributed by atoms with Crippen LogP contribution in [0.4, 0.5) is 18.9 Å². The first kappa shape index (κ1) is 14.6. The molecular formula is C13H16F3N3O. The number of halogens is 3. The van der Waals surface area contributed by atoms with Crippen molar-refractivity contribution >= 4 is 11.6 Å². The van der Waals surface area contributed by atoms with E-state index >= 15 is 0 Å². The maximum atomic E-state index is 12.6. The van der Waals surface area contributed by atoms with Gasteiger partial charge in [0.15, 0.2) is 0 Å². The van der Waals surface area contributed by atoms with Crippen molar-refractivity contribution in [2.75, 3.05) is 25.0 Å². The van der Waals surface area contributed by atoms with E-state index in [2.05, 4.69) is 10.6 Å². The van der Waals surface area contributed by atoms with Gasteiger partial charge in [0.05, 0.1) is 11.1 Å². The lowest BCUT2D eigenvalue weighted by atomic mass is 10.1. The highest BCUT2D eigenvalue weighted by Gasteiger charge is 2.31. The monoisotopic (exact) mass is 287 g/mol. The Balaban J connectivity index is 2.17. The van der Waals surface area contributed by atoms with E-state index < -0.39 is 17.6 Å². The predicted octanol–water partition coefficient (Wildman–Crippen LogP) is 1.83. The van der Waals surface area contributed by atoms with Crippen molar-refractivity contribution in [1.29, 1.82) is 0 Å². The maximum Gasteiger partial charge on any atom is 0.416 e. The minimum atomic E-state index is -4.49. The molecule has 1 unspecified atom stereocenters. The second-order valence-corrected chi connectivity index (χ2v) is 4.86. The first-order valence-corrected chi connectivity index (χ1v) is 6.33. The van der Waals surface area contributed by atoms with Gasteiger partial charge in [0, 0.05) is 12.2 Å². The standard InChI is InChI=1S/C13H16F3N3O/c14-13(15,16)9-1-2-11(10(5-9)12(17)20)19-7-8-3-4-18-6-8/h1-2,5,8,18-19H,3-4,6-7H2,(H2,17,20). The van der Waals surface area contributed by atoms with Crippen molar-refractivity contribution in [3.63, 3.8) is 0 Å². The highest BCUT2D eigenvalue weighted by molar-refractivity contribution is 5.98. The van der Waals surface area contributed by atoms with Gasteiger partial charge in [-0.2, -0.15) is 13.2 Å². The molecule has 1 aromatic rings. The molecule has 1 heterocycles. The Morgan fingerprint density at radius 1 is 1.45 bits per heavy atom.